The van der Waals surface area contributed by atoms with Gasteiger partial charge in [-0.1, -0.05) is 68.8 Å². The van der Waals surface area contributed by atoms with Crippen LogP contribution in [0.4, 0.5) is 5.69 Å². The van der Waals surface area contributed by atoms with Crippen LogP contribution in [0.3, 0.4) is 0 Å². The van der Waals surface area contributed by atoms with Gasteiger partial charge in [0.15, 0.2) is 14.4 Å². The molecule has 0 aliphatic heterocycles. The van der Waals surface area contributed by atoms with E-state index in [1.165, 1.54) is 0 Å². The molecule has 0 aromatic heterocycles. The maximum absolute atomic E-state index is 14.0. The Kier molecular flexibility index (Phi) is 8.87. The van der Waals surface area contributed by atoms with E-state index in [0.29, 0.717) is 5.75 Å². The number of anilines is 1. The molecule has 0 radical (unpaired) electrons. The smallest absolute Gasteiger partial charge is 0.341 e. The Balaban J connectivity index is 2.08. The van der Waals surface area contributed by atoms with Gasteiger partial charge in [-0.05, 0) is 79.9 Å². The summed E-state index contributed by atoms with van der Waals surface area (Å²) in [7, 11) is -0.730. The van der Waals surface area contributed by atoms with Crippen LogP contribution >= 0.6 is 0 Å². The highest BCUT2D eigenvalue weighted by Crippen LogP contribution is 2.40. The van der Waals surface area contributed by atoms with Gasteiger partial charge in [-0.3, -0.25) is 0 Å². The van der Waals surface area contributed by atoms with Crippen LogP contribution in [0.15, 0.2) is 66.7 Å². The molecule has 5 nitrogen and oxygen atoms in total. The minimum Gasteiger partial charge on any atom is -0.497 e. The zero-order chi connectivity index (χ0) is 27.4. The molecule has 6 heteroatoms. The normalized spacial score (nSPS) is 13.5. The number of esters is 1. The Hall–Kier alpha value is -3.09. The first-order chi connectivity index (χ1) is 17.3. The number of carbonyl (C=O) groups excluding carboxylic acids is 1. The number of aryl methyl sites for hydroxylation is 3. The van der Waals surface area contributed by atoms with E-state index in [-0.39, 0.29) is 5.04 Å². The van der Waals surface area contributed by atoms with Crippen molar-refractivity contribution in [3.8, 4) is 11.5 Å². The molecule has 3 aromatic rings. The molecule has 3 rings (SSSR count). The van der Waals surface area contributed by atoms with E-state index in [2.05, 4.69) is 39.2 Å². The predicted molar refractivity (Wildman–Crippen MR) is 154 cm³/mol. The van der Waals surface area contributed by atoms with Gasteiger partial charge >= 0.3 is 5.97 Å². The summed E-state index contributed by atoms with van der Waals surface area (Å²) in [5.74, 6) is 0.950. The van der Waals surface area contributed by atoms with E-state index in [1.807, 2.05) is 87.5 Å². The number of nitrogens with one attached hydrogen (secondary N) is 1. The third-order valence-electron chi connectivity index (χ3n) is 7.14. The highest BCUT2D eigenvalue weighted by Gasteiger charge is 2.44. The number of carbonyl (C=O) groups is 1. The molecule has 0 heterocycles. The molecule has 0 unspecified atom stereocenters. The van der Waals surface area contributed by atoms with E-state index in [9.17, 15) is 4.79 Å². The van der Waals surface area contributed by atoms with Crippen molar-refractivity contribution < 1.29 is 18.7 Å². The molecule has 0 bridgehead atoms. The third kappa shape index (κ3) is 7.02. The maximum Gasteiger partial charge on any atom is 0.341 e. The number of rotatable bonds is 9. The van der Waals surface area contributed by atoms with Crippen LogP contribution in [0.2, 0.25) is 18.1 Å². The second kappa shape index (κ2) is 11.5. The fourth-order valence-electron chi connectivity index (χ4n) is 4.09. The molecule has 3 aromatic carbocycles. The van der Waals surface area contributed by atoms with Crippen LogP contribution in [0.25, 0.3) is 0 Å². The topological polar surface area (TPSA) is 56.8 Å². The quantitative estimate of drug-likeness (QED) is 0.178. The van der Waals surface area contributed by atoms with Gasteiger partial charge in [0, 0.05) is 5.69 Å². The molecular formula is C31H41NO4Si. The Labute approximate surface area is 223 Å². The first kappa shape index (κ1) is 28.5. The van der Waals surface area contributed by atoms with Crippen LogP contribution in [0.1, 0.15) is 49.1 Å². The molecule has 1 N–H and O–H groups in total. The van der Waals surface area contributed by atoms with E-state index < -0.39 is 26.4 Å². The average molecular weight is 520 g/mol. The average Bonchev–Trinajstić information content (AvgIpc) is 2.83. The lowest BCUT2D eigenvalue weighted by Gasteiger charge is -2.41. The molecule has 37 heavy (non-hydrogen) atoms. The van der Waals surface area contributed by atoms with Gasteiger partial charge in [0.25, 0.3) is 0 Å². The number of methoxy groups -OCH3 is 1. The van der Waals surface area contributed by atoms with E-state index in [0.717, 1.165) is 33.7 Å². The summed E-state index contributed by atoms with van der Waals surface area (Å²) >= 11 is 0. The Bertz CT molecular complexity index is 1180. The Morgan fingerprint density at radius 1 is 0.892 bits per heavy atom. The van der Waals surface area contributed by atoms with Crippen LogP contribution in [-0.4, -0.2) is 27.5 Å². The number of hydrogen-bond acceptors (Lipinski definition) is 5. The first-order valence-corrected chi connectivity index (χ1v) is 15.7. The molecule has 0 spiro atoms. The molecule has 198 valence electrons. The summed E-state index contributed by atoms with van der Waals surface area (Å²) in [5, 5.41) is 3.47. The van der Waals surface area contributed by atoms with Gasteiger partial charge in [0.1, 0.15) is 11.5 Å². The van der Waals surface area contributed by atoms with Gasteiger partial charge in [-0.2, -0.15) is 0 Å². The van der Waals surface area contributed by atoms with E-state index >= 15 is 0 Å². The zero-order valence-corrected chi connectivity index (χ0v) is 24.6. The standard InChI is InChI=1S/C31H41NO4Si/c1-21-19-22(2)28(23(3)20-21)35-30(33)29(36-37(8,9)31(4,5)6)27(24-13-11-10-12-14-24)32-25-15-17-26(34-7)18-16-25/h10-20,27,29,32H,1-9H3/t27-,29-/m1/s1. The summed E-state index contributed by atoms with van der Waals surface area (Å²) in [4.78, 5) is 14.0. The summed E-state index contributed by atoms with van der Waals surface area (Å²) < 4.78 is 18.3. The lowest BCUT2D eigenvalue weighted by molar-refractivity contribution is -0.143. The second-order valence-electron chi connectivity index (χ2n) is 11.2. The van der Waals surface area contributed by atoms with Crippen molar-refractivity contribution in [2.24, 2.45) is 0 Å². The fourth-order valence-corrected chi connectivity index (χ4v) is 5.31. The van der Waals surface area contributed by atoms with Crippen LogP contribution in [0, 0.1) is 20.8 Å². The summed E-state index contributed by atoms with van der Waals surface area (Å²) in [6.07, 6.45) is -0.870. The molecular weight excluding hydrogens is 478 g/mol. The molecule has 0 aliphatic carbocycles. The summed E-state index contributed by atoms with van der Waals surface area (Å²) in [5.41, 5.74) is 4.78. The van der Waals surface area contributed by atoms with Crippen LogP contribution in [-0.2, 0) is 9.22 Å². The predicted octanol–water partition coefficient (Wildman–Crippen LogP) is 7.77. The van der Waals surface area contributed by atoms with Gasteiger partial charge in [0.2, 0.25) is 0 Å². The molecule has 0 saturated carbocycles. The van der Waals surface area contributed by atoms with E-state index in [1.54, 1.807) is 7.11 Å². The zero-order valence-electron chi connectivity index (χ0n) is 23.6. The fraction of sp³-hybridized carbons (Fsp3) is 0.387. The molecule has 2 atom stereocenters. The minimum absolute atomic E-state index is 0.0947. The summed E-state index contributed by atoms with van der Waals surface area (Å²) in [6.45, 7) is 16.8. The number of hydrogen-bond donors (Lipinski definition) is 1. The third-order valence-corrected chi connectivity index (χ3v) is 11.6. The van der Waals surface area contributed by atoms with Crippen LogP contribution < -0.4 is 14.8 Å². The SMILES string of the molecule is COc1ccc(N[C@H](c2ccccc2)[C@@H](O[Si](C)(C)C(C)(C)C)C(=O)Oc2c(C)cc(C)cc2C)cc1. The van der Waals surface area contributed by atoms with Crippen molar-refractivity contribution in [1.82, 2.24) is 0 Å². The first-order valence-electron chi connectivity index (χ1n) is 12.8. The second-order valence-corrected chi connectivity index (χ2v) is 16.0. The van der Waals surface area contributed by atoms with Gasteiger partial charge in [-0.15, -0.1) is 0 Å². The monoisotopic (exact) mass is 519 g/mol. The highest BCUT2D eigenvalue weighted by molar-refractivity contribution is 6.74. The number of benzene rings is 3. The minimum atomic E-state index is -2.37. The summed E-state index contributed by atoms with van der Waals surface area (Å²) in [6, 6.07) is 21.2. The maximum atomic E-state index is 14.0. The molecule has 0 saturated heterocycles. The Morgan fingerprint density at radius 3 is 1.97 bits per heavy atom. The van der Waals surface area contributed by atoms with Crippen molar-refractivity contribution in [3.05, 3.63) is 89.0 Å². The van der Waals surface area contributed by atoms with Gasteiger partial charge in [-0.25, -0.2) is 4.79 Å². The van der Waals surface area contributed by atoms with Gasteiger partial charge < -0.3 is 19.2 Å². The number of ether oxygens (including phenoxy) is 2. The van der Waals surface area contributed by atoms with E-state index in [4.69, 9.17) is 13.9 Å². The molecule has 0 fully saturated rings. The Morgan fingerprint density at radius 2 is 1.46 bits per heavy atom. The largest absolute Gasteiger partial charge is 0.497 e. The molecule has 0 amide bonds. The van der Waals surface area contributed by atoms with Crippen LogP contribution in [0.5, 0.6) is 11.5 Å². The lowest BCUT2D eigenvalue weighted by atomic mass is 10.0. The molecule has 0 aliphatic rings. The van der Waals surface area contributed by atoms with Gasteiger partial charge in [0.05, 0.1) is 13.2 Å². The van der Waals surface area contributed by atoms with Crippen molar-refractivity contribution in [2.45, 2.75) is 71.8 Å². The van der Waals surface area contributed by atoms with Crippen molar-refractivity contribution in [1.29, 1.82) is 0 Å². The van der Waals surface area contributed by atoms with Crippen molar-refractivity contribution >= 4 is 20.0 Å². The lowest BCUT2D eigenvalue weighted by Crippen LogP contribution is -2.50. The van der Waals surface area contributed by atoms with Crippen molar-refractivity contribution in [3.63, 3.8) is 0 Å². The van der Waals surface area contributed by atoms with Crippen molar-refractivity contribution in [2.75, 3.05) is 12.4 Å². The highest BCUT2D eigenvalue weighted by atomic mass is 28.4.